The molecule has 2 unspecified atom stereocenters. The molecule has 4 nitrogen and oxygen atoms in total. The summed E-state index contributed by atoms with van der Waals surface area (Å²) in [5, 5.41) is 2.98. The lowest BCUT2D eigenvalue weighted by atomic mass is 9.91. The highest BCUT2D eigenvalue weighted by atomic mass is 16.2. The van der Waals surface area contributed by atoms with Gasteiger partial charge in [0.25, 0.3) is 0 Å². The second kappa shape index (κ2) is 5.94. The fraction of sp³-hybridized carbons (Fsp3) is 0.562. The van der Waals surface area contributed by atoms with E-state index in [2.05, 4.69) is 17.1 Å². The van der Waals surface area contributed by atoms with Crippen molar-refractivity contribution in [1.82, 2.24) is 4.90 Å². The largest absolute Gasteiger partial charge is 0.326 e. The Kier molecular flexibility index (Phi) is 4.45. The van der Waals surface area contributed by atoms with Gasteiger partial charge in [0, 0.05) is 31.4 Å². The molecule has 110 valence electrons. The number of likely N-dealkylation sites (tertiary alicyclic amines) is 1. The van der Waals surface area contributed by atoms with Crippen LogP contribution in [0.25, 0.3) is 0 Å². The molecule has 0 saturated carbocycles. The molecule has 20 heavy (non-hydrogen) atoms. The summed E-state index contributed by atoms with van der Waals surface area (Å²) < 4.78 is 0. The van der Waals surface area contributed by atoms with Gasteiger partial charge in [0.15, 0.2) is 0 Å². The standard InChI is InChI=1S/C16H25N3O/c1-12-9-19(10-14(12)17)11-16(2,3)15(20)18-13-7-5-4-6-8-13/h4-8,12,14H,9-11,17H2,1-3H3,(H,18,20). The second-order valence-electron chi connectivity index (χ2n) is 6.54. The number of hydrogen-bond donors (Lipinski definition) is 2. The second-order valence-corrected chi connectivity index (χ2v) is 6.54. The van der Waals surface area contributed by atoms with E-state index in [0.29, 0.717) is 5.92 Å². The zero-order valence-electron chi connectivity index (χ0n) is 12.6. The number of amides is 1. The summed E-state index contributed by atoms with van der Waals surface area (Å²) >= 11 is 0. The first-order chi connectivity index (χ1) is 9.38. The van der Waals surface area contributed by atoms with Crippen molar-refractivity contribution >= 4 is 11.6 Å². The van der Waals surface area contributed by atoms with Crippen LogP contribution in [0, 0.1) is 11.3 Å². The maximum atomic E-state index is 12.4. The van der Waals surface area contributed by atoms with Crippen molar-refractivity contribution in [3.8, 4) is 0 Å². The first-order valence-electron chi connectivity index (χ1n) is 7.23. The summed E-state index contributed by atoms with van der Waals surface area (Å²) in [4.78, 5) is 14.7. The Labute approximate surface area is 121 Å². The number of anilines is 1. The lowest BCUT2D eigenvalue weighted by Crippen LogP contribution is -2.42. The minimum absolute atomic E-state index is 0.0526. The zero-order valence-corrected chi connectivity index (χ0v) is 12.6. The van der Waals surface area contributed by atoms with Crippen molar-refractivity contribution in [2.45, 2.75) is 26.8 Å². The Hall–Kier alpha value is -1.39. The molecule has 0 bridgehead atoms. The first kappa shape index (κ1) is 15.0. The van der Waals surface area contributed by atoms with Gasteiger partial charge in [-0.05, 0) is 31.9 Å². The van der Waals surface area contributed by atoms with Crippen LogP contribution < -0.4 is 11.1 Å². The minimum atomic E-state index is -0.431. The highest BCUT2D eigenvalue weighted by Crippen LogP contribution is 2.24. The third kappa shape index (κ3) is 3.58. The van der Waals surface area contributed by atoms with E-state index in [4.69, 9.17) is 5.73 Å². The van der Waals surface area contributed by atoms with Crippen LogP contribution in [-0.2, 0) is 4.79 Å². The quantitative estimate of drug-likeness (QED) is 0.883. The van der Waals surface area contributed by atoms with Gasteiger partial charge in [0.05, 0.1) is 5.41 Å². The molecule has 0 radical (unpaired) electrons. The number of nitrogens with zero attached hydrogens (tertiary/aromatic N) is 1. The fourth-order valence-corrected chi connectivity index (χ4v) is 2.68. The van der Waals surface area contributed by atoms with E-state index < -0.39 is 5.41 Å². The van der Waals surface area contributed by atoms with Crippen LogP contribution in [0.15, 0.2) is 30.3 Å². The lowest BCUT2D eigenvalue weighted by Gasteiger charge is -2.29. The Morgan fingerprint density at radius 2 is 2.00 bits per heavy atom. The van der Waals surface area contributed by atoms with Crippen LogP contribution in [0.1, 0.15) is 20.8 Å². The molecule has 1 saturated heterocycles. The number of para-hydroxylation sites is 1. The van der Waals surface area contributed by atoms with Crippen molar-refractivity contribution < 1.29 is 4.79 Å². The third-order valence-electron chi connectivity index (χ3n) is 4.01. The van der Waals surface area contributed by atoms with E-state index in [1.807, 2.05) is 44.2 Å². The van der Waals surface area contributed by atoms with E-state index in [-0.39, 0.29) is 11.9 Å². The number of carbonyl (C=O) groups is 1. The molecule has 1 aliphatic rings. The van der Waals surface area contributed by atoms with E-state index in [9.17, 15) is 4.79 Å². The predicted octanol–water partition coefficient (Wildman–Crippen LogP) is 1.93. The number of hydrogen-bond acceptors (Lipinski definition) is 3. The first-order valence-corrected chi connectivity index (χ1v) is 7.23. The van der Waals surface area contributed by atoms with Gasteiger partial charge < -0.3 is 16.0 Å². The van der Waals surface area contributed by atoms with Gasteiger partial charge in [0.1, 0.15) is 0 Å². The normalized spacial score (nSPS) is 23.8. The Morgan fingerprint density at radius 1 is 1.35 bits per heavy atom. The molecule has 1 heterocycles. The van der Waals surface area contributed by atoms with Crippen LogP contribution in [0.5, 0.6) is 0 Å². The molecule has 2 atom stereocenters. The van der Waals surface area contributed by atoms with Crippen molar-refractivity contribution in [2.75, 3.05) is 25.0 Å². The molecule has 4 heteroatoms. The molecule has 1 amide bonds. The minimum Gasteiger partial charge on any atom is -0.326 e. The number of nitrogens with two attached hydrogens (primary N) is 1. The summed E-state index contributed by atoms with van der Waals surface area (Å²) in [7, 11) is 0. The van der Waals surface area contributed by atoms with E-state index in [0.717, 1.165) is 25.3 Å². The highest BCUT2D eigenvalue weighted by molar-refractivity contribution is 5.94. The van der Waals surface area contributed by atoms with Gasteiger partial charge in [-0.15, -0.1) is 0 Å². The predicted molar refractivity (Wildman–Crippen MR) is 82.4 cm³/mol. The van der Waals surface area contributed by atoms with E-state index >= 15 is 0 Å². The monoisotopic (exact) mass is 275 g/mol. The molecular formula is C16H25N3O. The van der Waals surface area contributed by atoms with Crippen LogP contribution in [0.2, 0.25) is 0 Å². The number of carbonyl (C=O) groups excluding carboxylic acids is 1. The van der Waals surface area contributed by atoms with Gasteiger partial charge >= 0.3 is 0 Å². The Bertz CT molecular complexity index is 448. The molecule has 1 aromatic carbocycles. The third-order valence-corrected chi connectivity index (χ3v) is 4.01. The number of rotatable bonds is 4. The summed E-state index contributed by atoms with van der Waals surface area (Å²) in [6.45, 7) is 8.73. The number of nitrogens with one attached hydrogen (secondary N) is 1. The maximum absolute atomic E-state index is 12.4. The maximum Gasteiger partial charge on any atom is 0.231 e. The zero-order chi connectivity index (χ0) is 14.8. The van der Waals surface area contributed by atoms with Crippen molar-refractivity contribution in [1.29, 1.82) is 0 Å². The molecule has 0 aliphatic carbocycles. The molecule has 2 rings (SSSR count). The lowest BCUT2D eigenvalue weighted by molar-refractivity contribution is -0.124. The van der Waals surface area contributed by atoms with Crippen LogP contribution in [0.3, 0.4) is 0 Å². The highest BCUT2D eigenvalue weighted by Gasteiger charge is 2.34. The van der Waals surface area contributed by atoms with Crippen molar-refractivity contribution in [3.63, 3.8) is 0 Å². The molecule has 0 aromatic heterocycles. The average Bonchev–Trinajstić information content (AvgIpc) is 2.68. The van der Waals surface area contributed by atoms with E-state index in [1.54, 1.807) is 0 Å². The summed E-state index contributed by atoms with van der Waals surface area (Å²) in [6, 6.07) is 9.81. The van der Waals surface area contributed by atoms with Crippen molar-refractivity contribution in [2.24, 2.45) is 17.1 Å². The number of benzene rings is 1. The molecule has 1 aromatic rings. The fourth-order valence-electron chi connectivity index (χ4n) is 2.68. The molecule has 0 spiro atoms. The van der Waals surface area contributed by atoms with Gasteiger partial charge in [-0.1, -0.05) is 25.1 Å². The molecule has 3 N–H and O–H groups in total. The van der Waals surface area contributed by atoms with Gasteiger partial charge in [0.2, 0.25) is 5.91 Å². The SMILES string of the molecule is CC1CN(CC(C)(C)C(=O)Nc2ccccc2)CC1N. The Balaban J connectivity index is 1.94. The topological polar surface area (TPSA) is 58.4 Å². The van der Waals surface area contributed by atoms with Crippen LogP contribution in [0.4, 0.5) is 5.69 Å². The molecular weight excluding hydrogens is 250 g/mol. The smallest absolute Gasteiger partial charge is 0.231 e. The summed E-state index contributed by atoms with van der Waals surface area (Å²) in [5.74, 6) is 0.555. The van der Waals surface area contributed by atoms with Crippen LogP contribution in [-0.4, -0.2) is 36.5 Å². The molecule has 1 aliphatic heterocycles. The average molecular weight is 275 g/mol. The molecule has 1 fully saturated rings. The van der Waals surface area contributed by atoms with E-state index in [1.165, 1.54) is 0 Å². The van der Waals surface area contributed by atoms with Gasteiger partial charge in [-0.2, -0.15) is 0 Å². The summed E-state index contributed by atoms with van der Waals surface area (Å²) in [6.07, 6.45) is 0. The van der Waals surface area contributed by atoms with Gasteiger partial charge in [-0.3, -0.25) is 4.79 Å². The Morgan fingerprint density at radius 3 is 2.55 bits per heavy atom. The summed E-state index contributed by atoms with van der Waals surface area (Å²) in [5.41, 5.74) is 6.46. The van der Waals surface area contributed by atoms with Gasteiger partial charge in [-0.25, -0.2) is 0 Å². The van der Waals surface area contributed by atoms with Crippen LogP contribution >= 0.6 is 0 Å². The van der Waals surface area contributed by atoms with Crippen molar-refractivity contribution in [3.05, 3.63) is 30.3 Å².